The van der Waals surface area contributed by atoms with E-state index in [1.165, 1.54) is 0 Å². The molecule has 0 saturated carbocycles. The summed E-state index contributed by atoms with van der Waals surface area (Å²) in [6.07, 6.45) is 2.12. The molecule has 0 bridgehead atoms. The zero-order valence-corrected chi connectivity index (χ0v) is 20.5. The number of ether oxygens (including phenoxy) is 3. The molecule has 1 atom stereocenters. The first kappa shape index (κ1) is 25.2. The zero-order valence-electron chi connectivity index (χ0n) is 18.1. The molecule has 7 nitrogen and oxygen atoms in total. The average Bonchev–Trinajstić information content (AvgIpc) is 3.28. The summed E-state index contributed by atoms with van der Waals surface area (Å²) in [6, 6.07) is 10.0. The second kappa shape index (κ2) is 14.8. The van der Waals surface area contributed by atoms with Gasteiger partial charge in [-0.3, -0.25) is 9.89 Å². The highest BCUT2D eigenvalue weighted by Crippen LogP contribution is 2.12. The fourth-order valence-corrected chi connectivity index (χ4v) is 3.66. The number of piperazine rings is 1. The van der Waals surface area contributed by atoms with Crippen LogP contribution in [0.5, 0.6) is 5.75 Å². The van der Waals surface area contributed by atoms with E-state index in [1.807, 2.05) is 37.4 Å². The van der Waals surface area contributed by atoms with Gasteiger partial charge in [-0.15, -0.1) is 24.0 Å². The van der Waals surface area contributed by atoms with Crippen LogP contribution in [0, 0.1) is 5.92 Å². The van der Waals surface area contributed by atoms with E-state index in [2.05, 4.69) is 20.1 Å². The molecular weight excluding hydrogens is 495 g/mol. The molecule has 0 amide bonds. The number of para-hydroxylation sites is 1. The van der Waals surface area contributed by atoms with E-state index in [-0.39, 0.29) is 24.0 Å². The Hall–Kier alpha value is -1.10. The number of hydrogen-bond acceptors (Lipinski definition) is 5. The quantitative estimate of drug-likeness (QED) is 0.216. The van der Waals surface area contributed by atoms with Crippen LogP contribution >= 0.6 is 24.0 Å². The summed E-state index contributed by atoms with van der Waals surface area (Å²) in [5.74, 6) is 2.52. The summed E-state index contributed by atoms with van der Waals surface area (Å²) in [5.41, 5.74) is 0. The molecule has 30 heavy (non-hydrogen) atoms. The number of nitrogens with zero attached hydrogens (tertiary/aromatic N) is 3. The SMILES string of the molecule is CN=C(NCCCOCC1CCOC1)N1CCN(CCOc2ccccc2)CC1.I. The van der Waals surface area contributed by atoms with Crippen molar-refractivity contribution in [3.8, 4) is 5.75 Å². The molecule has 1 aromatic carbocycles. The highest BCUT2D eigenvalue weighted by Gasteiger charge is 2.19. The van der Waals surface area contributed by atoms with Gasteiger partial charge in [0.1, 0.15) is 12.4 Å². The van der Waals surface area contributed by atoms with Crippen molar-refractivity contribution >= 4 is 29.9 Å². The third kappa shape index (κ3) is 8.95. The van der Waals surface area contributed by atoms with Gasteiger partial charge in [0, 0.05) is 65.4 Å². The Morgan fingerprint density at radius 3 is 2.67 bits per heavy atom. The molecule has 2 fully saturated rings. The highest BCUT2D eigenvalue weighted by atomic mass is 127. The van der Waals surface area contributed by atoms with Crippen LogP contribution in [-0.2, 0) is 9.47 Å². The van der Waals surface area contributed by atoms with E-state index < -0.39 is 0 Å². The van der Waals surface area contributed by atoms with Crippen LogP contribution in [-0.4, -0.2) is 95.1 Å². The third-order valence-electron chi connectivity index (χ3n) is 5.43. The van der Waals surface area contributed by atoms with Crippen molar-refractivity contribution in [3.05, 3.63) is 30.3 Å². The molecule has 2 saturated heterocycles. The number of aliphatic imine (C=N–C) groups is 1. The van der Waals surface area contributed by atoms with Gasteiger partial charge in [0.25, 0.3) is 0 Å². The number of guanidine groups is 1. The number of rotatable bonds is 10. The minimum absolute atomic E-state index is 0. The summed E-state index contributed by atoms with van der Waals surface area (Å²) in [6.45, 7) is 9.97. The lowest BCUT2D eigenvalue weighted by Crippen LogP contribution is -2.53. The summed E-state index contributed by atoms with van der Waals surface area (Å²) in [7, 11) is 1.86. The lowest BCUT2D eigenvalue weighted by molar-refractivity contribution is 0.0886. The predicted molar refractivity (Wildman–Crippen MR) is 131 cm³/mol. The number of hydrogen-bond donors (Lipinski definition) is 1. The summed E-state index contributed by atoms with van der Waals surface area (Å²) in [4.78, 5) is 9.24. The first-order valence-corrected chi connectivity index (χ1v) is 10.9. The Kier molecular flexibility index (Phi) is 12.4. The Bertz CT molecular complexity index is 591. The van der Waals surface area contributed by atoms with E-state index in [0.29, 0.717) is 5.92 Å². The van der Waals surface area contributed by atoms with Crippen LogP contribution in [0.3, 0.4) is 0 Å². The Morgan fingerprint density at radius 1 is 1.17 bits per heavy atom. The van der Waals surface area contributed by atoms with Crippen LogP contribution in [0.2, 0.25) is 0 Å². The molecule has 0 spiro atoms. The van der Waals surface area contributed by atoms with Crippen LogP contribution in [0.25, 0.3) is 0 Å². The summed E-state index contributed by atoms with van der Waals surface area (Å²) in [5, 5.41) is 3.48. The van der Waals surface area contributed by atoms with Gasteiger partial charge in [-0.1, -0.05) is 18.2 Å². The molecule has 0 radical (unpaired) electrons. The first-order valence-electron chi connectivity index (χ1n) is 10.9. The maximum atomic E-state index is 5.81. The molecule has 2 aliphatic rings. The van der Waals surface area contributed by atoms with Gasteiger partial charge in [0.2, 0.25) is 0 Å². The summed E-state index contributed by atoms with van der Waals surface area (Å²) < 4.78 is 17.0. The van der Waals surface area contributed by atoms with Gasteiger partial charge in [-0.05, 0) is 25.0 Å². The first-order chi connectivity index (χ1) is 14.3. The van der Waals surface area contributed by atoms with Crippen molar-refractivity contribution in [1.29, 1.82) is 0 Å². The maximum Gasteiger partial charge on any atom is 0.193 e. The molecule has 2 heterocycles. The molecule has 0 aromatic heterocycles. The largest absolute Gasteiger partial charge is 0.492 e. The van der Waals surface area contributed by atoms with Crippen LogP contribution in [0.4, 0.5) is 0 Å². The van der Waals surface area contributed by atoms with E-state index in [0.717, 1.165) is 96.9 Å². The van der Waals surface area contributed by atoms with Gasteiger partial charge in [0.15, 0.2) is 5.96 Å². The normalized spacial score (nSPS) is 20.1. The lowest BCUT2D eigenvalue weighted by atomic mass is 10.1. The van der Waals surface area contributed by atoms with Gasteiger partial charge >= 0.3 is 0 Å². The molecule has 1 aromatic rings. The molecule has 3 rings (SSSR count). The van der Waals surface area contributed by atoms with Crippen molar-refractivity contribution in [2.75, 3.05) is 79.4 Å². The van der Waals surface area contributed by atoms with E-state index in [1.54, 1.807) is 0 Å². The Labute approximate surface area is 198 Å². The van der Waals surface area contributed by atoms with E-state index in [9.17, 15) is 0 Å². The lowest BCUT2D eigenvalue weighted by Gasteiger charge is -2.36. The standard InChI is InChI=1S/C22H36N4O3.HI/c1-23-22(24-9-5-15-27-18-20-8-16-28-19-20)26-12-10-25(11-13-26)14-17-29-21-6-3-2-4-7-21;/h2-4,6-7,20H,5,8-19H2,1H3,(H,23,24);1H. The zero-order chi connectivity index (χ0) is 20.2. The topological polar surface area (TPSA) is 58.6 Å². The van der Waals surface area contributed by atoms with E-state index >= 15 is 0 Å². The minimum atomic E-state index is 0. The van der Waals surface area contributed by atoms with Crippen molar-refractivity contribution in [2.24, 2.45) is 10.9 Å². The minimum Gasteiger partial charge on any atom is -0.492 e. The number of nitrogens with one attached hydrogen (secondary N) is 1. The Morgan fingerprint density at radius 2 is 1.97 bits per heavy atom. The van der Waals surface area contributed by atoms with Gasteiger partial charge < -0.3 is 24.4 Å². The number of benzene rings is 1. The fourth-order valence-electron chi connectivity index (χ4n) is 3.66. The second-order valence-electron chi connectivity index (χ2n) is 7.62. The number of halogens is 1. The Balaban J connectivity index is 0.00000320. The molecule has 1 unspecified atom stereocenters. The van der Waals surface area contributed by atoms with Gasteiger partial charge in [-0.25, -0.2) is 0 Å². The van der Waals surface area contributed by atoms with Crippen molar-refractivity contribution in [1.82, 2.24) is 15.1 Å². The fraction of sp³-hybridized carbons (Fsp3) is 0.682. The molecule has 0 aliphatic carbocycles. The predicted octanol–water partition coefficient (Wildman–Crippen LogP) is 2.32. The highest BCUT2D eigenvalue weighted by molar-refractivity contribution is 14.0. The van der Waals surface area contributed by atoms with Gasteiger partial charge in [0.05, 0.1) is 13.2 Å². The van der Waals surface area contributed by atoms with Gasteiger partial charge in [-0.2, -0.15) is 0 Å². The molecule has 8 heteroatoms. The second-order valence-corrected chi connectivity index (χ2v) is 7.62. The monoisotopic (exact) mass is 532 g/mol. The summed E-state index contributed by atoms with van der Waals surface area (Å²) >= 11 is 0. The van der Waals surface area contributed by atoms with E-state index in [4.69, 9.17) is 14.2 Å². The maximum absolute atomic E-state index is 5.81. The third-order valence-corrected chi connectivity index (χ3v) is 5.43. The smallest absolute Gasteiger partial charge is 0.193 e. The van der Waals surface area contributed by atoms with Crippen LogP contribution < -0.4 is 10.1 Å². The van der Waals surface area contributed by atoms with Crippen molar-refractivity contribution < 1.29 is 14.2 Å². The van der Waals surface area contributed by atoms with Crippen LogP contribution in [0.15, 0.2) is 35.3 Å². The van der Waals surface area contributed by atoms with Crippen molar-refractivity contribution in [2.45, 2.75) is 12.8 Å². The molecule has 1 N–H and O–H groups in total. The molecule has 170 valence electrons. The van der Waals surface area contributed by atoms with Crippen LogP contribution in [0.1, 0.15) is 12.8 Å². The molecular formula is C22H37IN4O3. The van der Waals surface area contributed by atoms with Crippen molar-refractivity contribution in [3.63, 3.8) is 0 Å². The average molecular weight is 532 g/mol. The molecule has 2 aliphatic heterocycles.